The smallest absolute Gasteiger partial charge is 0.315 e. The van der Waals surface area contributed by atoms with Gasteiger partial charge in [0, 0.05) is 0 Å². The molecule has 30 heavy (non-hydrogen) atoms. The molecule has 1 fully saturated rings. The first-order valence-electron chi connectivity index (χ1n) is 11.7. The number of ether oxygens (including phenoxy) is 1. The average molecular weight is 415 g/mol. The Morgan fingerprint density at radius 1 is 0.800 bits per heavy atom. The average Bonchev–Trinajstić information content (AvgIpc) is 2.75. The summed E-state index contributed by atoms with van der Waals surface area (Å²) in [6.07, 6.45) is 6.22. The minimum atomic E-state index is -3.16. The van der Waals surface area contributed by atoms with Crippen LogP contribution in [0.2, 0.25) is 0 Å². The maximum absolute atomic E-state index is 14.3. The minimum absolute atomic E-state index is 0.0650. The van der Waals surface area contributed by atoms with Crippen LogP contribution in [-0.2, 0) is 24.2 Å². The zero-order valence-electron chi connectivity index (χ0n) is 18.5. The molecule has 3 heteroatoms. The number of hydrogen-bond acceptors (Lipinski definition) is 1. The van der Waals surface area contributed by atoms with Gasteiger partial charge in [-0.2, -0.15) is 8.78 Å². The molecule has 0 amide bonds. The van der Waals surface area contributed by atoms with E-state index in [1.807, 2.05) is 24.3 Å². The van der Waals surface area contributed by atoms with Crippen LogP contribution in [0.3, 0.4) is 0 Å². The molecular weight excluding hydrogens is 378 g/mol. The van der Waals surface area contributed by atoms with E-state index in [0.717, 1.165) is 24.3 Å². The molecule has 2 aromatic rings. The highest BCUT2D eigenvalue weighted by atomic mass is 19.3. The predicted octanol–water partition coefficient (Wildman–Crippen LogP) is 8.07. The summed E-state index contributed by atoms with van der Waals surface area (Å²) in [6.45, 7) is 4.31. The van der Waals surface area contributed by atoms with Gasteiger partial charge in [-0.1, -0.05) is 81.6 Å². The molecule has 2 aromatic carbocycles. The fourth-order valence-electron chi connectivity index (χ4n) is 4.67. The topological polar surface area (TPSA) is 9.23 Å². The van der Waals surface area contributed by atoms with Crippen molar-refractivity contribution in [3.05, 3.63) is 70.8 Å². The van der Waals surface area contributed by atoms with Gasteiger partial charge in [0.05, 0.1) is 13.0 Å². The van der Waals surface area contributed by atoms with Crippen LogP contribution in [0.4, 0.5) is 8.78 Å². The molecule has 164 valence electrons. The number of benzene rings is 2. The van der Waals surface area contributed by atoms with E-state index in [9.17, 15) is 8.78 Å². The van der Waals surface area contributed by atoms with Crippen LogP contribution in [0, 0.1) is 5.92 Å². The van der Waals surface area contributed by atoms with Crippen LogP contribution in [0.25, 0.3) is 0 Å². The third-order valence-corrected chi connectivity index (χ3v) is 6.42. The lowest BCUT2D eigenvalue weighted by molar-refractivity contribution is -0.244. The second-order valence-electron chi connectivity index (χ2n) is 8.92. The van der Waals surface area contributed by atoms with E-state index < -0.39 is 12.5 Å². The Morgan fingerprint density at radius 2 is 1.40 bits per heavy atom. The van der Waals surface area contributed by atoms with Crippen LogP contribution >= 0.6 is 0 Å². The predicted molar refractivity (Wildman–Crippen MR) is 120 cm³/mol. The summed E-state index contributed by atoms with van der Waals surface area (Å²) in [5, 5.41) is 0. The number of halogens is 2. The van der Waals surface area contributed by atoms with Gasteiger partial charge in [0.15, 0.2) is 0 Å². The molecule has 1 aliphatic carbocycles. The molecule has 0 aromatic heterocycles. The van der Waals surface area contributed by atoms with Gasteiger partial charge in [0.1, 0.15) is 0 Å². The second kappa shape index (κ2) is 11.0. The highest BCUT2D eigenvalue weighted by Gasteiger charge is 2.30. The van der Waals surface area contributed by atoms with E-state index in [1.165, 1.54) is 49.7 Å². The summed E-state index contributed by atoms with van der Waals surface area (Å²) < 4.78 is 33.6. The monoisotopic (exact) mass is 414 g/mol. The van der Waals surface area contributed by atoms with Gasteiger partial charge in [-0.15, -0.1) is 0 Å². The van der Waals surface area contributed by atoms with Crippen molar-refractivity contribution in [2.45, 2.75) is 90.3 Å². The Labute approximate surface area is 180 Å². The minimum Gasteiger partial charge on any atom is -0.315 e. The first kappa shape index (κ1) is 22.9. The van der Waals surface area contributed by atoms with Gasteiger partial charge in [-0.3, -0.25) is 0 Å². The summed E-state index contributed by atoms with van der Waals surface area (Å²) >= 11 is 0. The lowest BCUT2D eigenvalue weighted by atomic mass is 9.77. The van der Waals surface area contributed by atoms with Gasteiger partial charge in [0.2, 0.25) is 0 Å². The van der Waals surface area contributed by atoms with Crippen molar-refractivity contribution >= 4 is 0 Å². The largest absolute Gasteiger partial charge is 0.360 e. The quantitative estimate of drug-likeness (QED) is 0.382. The third-order valence-electron chi connectivity index (χ3n) is 6.42. The summed E-state index contributed by atoms with van der Waals surface area (Å²) in [5.74, 6) is 1.51. The third kappa shape index (κ3) is 6.91. The zero-order chi connectivity index (χ0) is 21.4. The highest BCUT2D eigenvalue weighted by Crippen LogP contribution is 2.37. The molecule has 0 aliphatic heterocycles. The summed E-state index contributed by atoms with van der Waals surface area (Å²) in [5.41, 5.74) is 3.93. The van der Waals surface area contributed by atoms with Crippen molar-refractivity contribution in [1.82, 2.24) is 0 Å². The molecule has 1 nitrogen and oxygen atoms in total. The van der Waals surface area contributed by atoms with E-state index >= 15 is 0 Å². The van der Waals surface area contributed by atoms with E-state index in [2.05, 4.69) is 26.0 Å². The molecular formula is C27H36F2O. The SMILES string of the molecule is CCCc1ccc(CC(F)(F)OCc2ccc(C3CCC(CCC)CC3)cc2)cc1. The van der Waals surface area contributed by atoms with E-state index in [1.54, 1.807) is 12.1 Å². The first-order chi connectivity index (χ1) is 14.5. The molecule has 0 atom stereocenters. The van der Waals surface area contributed by atoms with Crippen LogP contribution in [0.15, 0.2) is 48.5 Å². The molecule has 1 aliphatic rings. The number of rotatable bonds is 10. The van der Waals surface area contributed by atoms with E-state index in [4.69, 9.17) is 4.74 Å². The van der Waals surface area contributed by atoms with Gasteiger partial charge < -0.3 is 4.74 Å². The van der Waals surface area contributed by atoms with E-state index in [-0.39, 0.29) is 6.61 Å². The molecule has 0 N–H and O–H groups in total. The Bertz CT molecular complexity index is 743. The summed E-state index contributed by atoms with van der Waals surface area (Å²) in [6, 6.07) is 15.5. The molecule has 0 radical (unpaired) electrons. The first-order valence-corrected chi connectivity index (χ1v) is 11.7. The van der Waals surface area contributed by atoms with Crippen LogP contribution < -0.4 is 0 Å². The van der Waals surface area contributed by atoms with Crippen LogP contribution in [-0.4, -0.2) is 6.11 Å². The number of aryl methyl sites for hydroxylation is 1. The van der Waals surface area contributed by atoms with Crippen molar-refractivity contribution in [3.63, 3.8) is 0 Å². The lowest BCUT2D eigenvalue weighted by Crippen LogP contribution is -2.23. The van der Waals surface area contributed by atoms with Crippen LogP contribution in [0.5, 0.6) is 0 Å². The normalized spacial score (nSPS) is 19.7. The molecule has 0 heterocycles. The van der Waals surface area contributed by atoms with Crippen molar-refractivity contribution in [1.29, 1.82) is 0 Å². The van der Waals surface area contributed by atoms with Crippen molar-refractivity contribution < 1.29 is 13.5 Å². The Kier molecular flexibility index (Phi) is 8.44. The molecule has 0 bridgehead atoms. The van der Waals surface area contributed by atoms with Gasteiger partial charge in [0.25, 0.3) is 0 Å². The van der Waals surface area contributed by atoms with Gasteiger partial charge in [-0.05, 0) is 66.2 Å². The van der Waals surface area contributed by atoms with Crippen LogP contribution in [0.1, 0.15) is 87.0 Å². The van der Waals surface area contributed by atoms with Crippen molar-refractivity contribution in [2.24, 2.45) is 5.92 Å². The molecule has 0 spiro atoms. The van der Waals surface area contributed by atoms with Gasteiger partial charge >= 0.3 is 6.11 Å². The highest BCUT2D eigenvalue weighted by molar-refractivity contribution is 5.26. The fourth-order valence-corrected chi connectivity index (χ4v) is 4.67. The summed E-state index contributed by atoms with van der Waals surface area (Å²) in [7, 11) is 0. The molecule has 0 saturated heterocycles. The Hall–Kier alpha value is -1.74. The molecule has 3 rings (SSSR count). The Morgan fingerprint density at radius 3 is 2.00 bits per heavy atom. The summed E-state index contributed by atoms with van der Waals surface area (Å²) in [4.78, 5) is 0. The number of alkyl halides is 2. The van der Waals surface area contributed by atoms with Gasteiger partial charge in [-0.25, -0.2) is 0 Å². The van der Waals surface area contributed by atoms with Crippen molar-refractivity contribution in [3.8, 4) is 0 Å². The van der Waals surface area contributed by atoms with Crippen molar-refractivity contribution in [2.75, 3.05) is 0 Å². The molecule has 0 unspecified atom stereocenters. The fraction of sp³-hybridized carbons (Fsp3) is 0.556. The number of hydrogen-bond donors (Lipinski definition) is 0. The second-order valence-corrected chi connectivity index (χ2v) is 8.92. The maximum Gasteiger partial charge on any atom is 0.360 e. The Balaban J connectivity index is 1.48. The standard InChI is InChI=1S/C27H36F2O/c1-3-5-21-7-9-23(10-8-21)19-27(28,29)30-20-24-13-17-26(18-14-24)25-15-11-22(6-4-2)12-16-25/h7-10,13-14,17-18,22,25H,3-6,11-12,15-16,19-20H2,1-2H3. The zero-order valence-corrected chi connectivity index (χ0v) is 18.5. The lowest BCUT2D eigenvalue weighted by Gasteiger charge is -2.28. The maximum atomic E-state index is 14.3. The molecule has 1 saturated carbocycles. The van der Waals surface area contributed by atoms with E-state index in [0.29, 0.717) is 11.5 Å².